The number of piperazine rings is 1. The van der Waals surface area contributed by atoms with Crippen LogP contribution in [0.3, 0.4) is 0 Å². The molecule has 1 unspecified atom stereocenters. The van der Waals surface area contributed by atoms with Crippen molar-refractivity contribution in [1.82, 2.24) is 14.7 Å². The van der Waals surface area contributed by atoms with Gasteiger partial charge in [0.2, 0.25) is 0 Å². The summed E-state index contributed by atoms with van der Waals surface area (Å²) in [6, 6.07) is 0.672. The molecule has 2 N–H and O–H groups in total. The lowest BCUT2D eigenvalue weighted by atomic mass is 10.1. The van der Waals surface area contributed by atoms with Gasteiger partial charge in [-0.2, -0.15) is 0 Å². The largest absolute Gasteiger partial charge is 0.329 e. The zero-order valence-corrected chi connectivity index (χ0v) is 11.4. The van der Waals surface area contributed by atoms with E-state index >= 15 is 0 Å². The Labute approximate surface area is 106 Å². The summed E-state index contributed by atoms with van der Waals surface area (Å²) in [6.45, 7) is 8.09. The molecule has 1 atom stereocenters. The molecule has 17 heavy (non-hydrogen) atoms. The van der Waals surface area contributed by atoms with Gasteiger partial charge in [-0.3, -0.25) is 9.80 Å². The summed E-state index contributed by atoms with van der Waals surface area (Å²) < 4.78 is 0. The molecule has 0 spiro atoms. The van der Waals surface area contributed by atoms with Crippen LogP contribution in [-0.2, 0) is 0 Å². The highest BCUT2D eigenvalue weighted by Crippen LogP contribution is 2.35. The number of nitrogens with two attached hydrogens (primary N) is 1. The average Bonchev–Trinajstić information content (AvgIpc) is 3.13. The highest BCUT2D eigenvalue weighted by molar-refractivity contribution is 4.90. The van der Waals surface area contributed by atoms with Crippen molar-refractivity contribution in [3.63, 3.8) is 0 Å². The molecule has 0 aromatic rings. The Kier molecular flexibility index (Phi) is 4.79. The fourth-order valence-corrected chi connectivity index (χ4v) is 2.78. The first-order chi connectivity index (χ1) is 8.20. The van der Waals surface area contributed by atoms with Crippen molar-refractivity contribution in [2.24, 2.45) is 11.7 Å². The maximum Gasteiger partial charge on any atom is 0.0247 e. The first-order valence-corrected chi connectivity index (χ1v) is 7.02. The lowest BCUT2D eigenvalue weighted by molar-refractivity contribution is 0.0859. The fourth-order valence-electron chi connectivity index (χ4n) is 2.78. The minimum absolute atomic E-state index is 0.672. The van der Waals surface area contributed by atoms with Crippen LogP contribution >= 0.6 is 0 Å². The van der Waals surface area contributed by atoms with Gasteiger partial charge in [-0.1, -0.05) is 0 Å². The highest BCUT2D eigenvalue weighted by atomic mass is 15.3. The summed E-state index contributed by atoms with van der Waals surface area (Å²) >= 11 is 0. The number of rotatable bonds is 6. The van der Waals surface area contributed by atoms with Crippen LogP contribution in [0.2, 0.25) is 0 Å². The van der Waals surface area contributed by atoms with Gasteiger partial charge in [-0.15, -0.1) is 0 Å². The molecule has 4 heteroatoms. The smallest absolute Gasteiger partial charge is 0.0247 e. The summed E-state index contributed by atoms with van der Waals surface area (Å²) in [5.41, 5.74) is 5.92. The predicted octanol–water partition coefficient (Wildman–Crippen LogP) is -0.0971. The van der Waals surface area contributed by atoms with Crippen LogP contribution in [-0.4, -0.2) is 80.7 Å². The zero-order valence-electron chi connectivity index (χ0n) is 11.4. The van der Waals surface area contributed by atoms with Crippen molar-refractivity contribution in [2.45, 2.75) is 18.9 Å². The van der Waals surface area contributed by atoms with E-state index in [1.165, 1.54) is 52.1 Å². The Hall–Kier alpha value is -0.160. The van der Waals surface area contributed by atoms with Crippen LogP contribution in [0.5, 0.6) is 0 Å². The van der Waals surface area contributed by atoms with Gasteiger partial charge in [0, 0.05) is 51.9 Å². The Morgan fingerprint density at radius 1 is 1.18 bits per heavy atom. The molecule has 2 rings (SSSR count). The van der Waals surface area contributed by atoms with Gasteiger partial charge >= 0.3 is 0 Å². The van der Waals surface area contributed by atoms with Crippen LogP contribution in [0.4, 0.5) is 0 Å². The third-order valence-corrected chi connectivity index (χ3v) is 4.15. The number of hydrogen-bond acceptors (Lipinski definition) is 4. The third kappa shape index (κ3) is 3.91. The summed E-state index contributed by atoms with van der Waals surface area (Å²) in [6.07, 6.45) is 2.81. The molecule has 4 nitrogen and oxygen atoms in total. The summed E-state index contributed by atoms with van der Waals surface area (Å²) in [5, 5.41) is 0. The summed E-state index contributed by atoms with van der Waals surface area (Å²) in [5.74, 6) is 0.910. The molecule has 0 amide bonds. The highest BCUT2D eigenvalue weighted by Gasteiger charge is 2.35. The van der Waals surface area contributed by atoms with Crippen LogP contribution in [0.1, 0.15) is 12.8 Å². The summed E-state index contributed by atoms with van der Waals surface area (Å²) in [4.78, 5) is 7.47. The standard InChI is InChI=1S/C13H28N4/c1-15(2)5-6-16-7-9-17(10-8-16)13(11-14)12-3-4-12/h12-13H,3-11,14H2,1-2H3. The maximum atomic E-state index is 5.92. The SMILES string of the molecule is CN(C)CCN1CCN(C(CN)C2CC2)CC1. The van der Waals surface area contributed by atoms with Crippen LogP contribution in [0, 0.1) is 5.92 Å². The van der Waals surface area contributed by atoms with Gasteiger partial charge in [0.25, 0.3) is 0 Å². The molecule has 0 radical (unpaired) electrons. The quantitative estimate of drug-likeness (QED) is 0.703. The molecule has 1 heterocycles. The second kappa shape index (κ2) is 6.14. The van der Waals surface area contributed by atoms with Gasteiger partial charge in [0.1, 0.15) is 0 Å². The molecular weight excluding hydrogens is 212 g/mol. The first-order valence-electron chi connectivity index (χ1n) is 7.02. The van der Waals surface area contributed by atoms with E-state index in [9.17, 15) is 0 Å². The van der Waals surface area contributed by atoms with Crippen LogP contribution in [0.15, 0.2) is 0 Å². The van der Waals surface area contributed by atoms with E-state index in [2.05, 4.69) is 28.8 Å². The van der Waals surface area contributed by atoms with Crippen molar-refractivity contribution in [3.05, 3.63) is 0 Å². The van der Waals surface area contributed by atoms with Gasteiger partial charge in [-0.05, 0) is 32.9 Å². The van der Waals surface area contributed by atoms with Crippen LogP contribution in [0.25, 0.3) is 0 Å². The number of nitrogens with zero attached hydrogens (tertiary/aromatic N) is 3. The Morgan fingerprint density at radius 2 is 1.82 bits per heavy atom. The molecule has 100 valence electrons. The molecule has 1 saturated heterocycles. The molecule has 1 aliphatic heterocycles. The average molecular weight is 240 g/mol. The van der Waals surface area contributed by atoms with Gasteiger partial charge in [-0.25, -0.2) is 0 Å². The normalized spacial score (nSPS) is 25.4. The van der Waals surface area contributed by atoms with E-state index < -0.39 is 0 Å². The Morgan fingerprint density at radius 3 is 2.29 bits per heavy atom. The second-order valence-electron chi connectivity index (χ2n) is 5.82. The van der Waals surface area contributed by atoms with Gasteiger partial charge < -0.3 is 10.6 Å². The minimum Gasteiger partial charge on any atom is -0.329 e. The van der Waals surface area contributed by atoms with E-state index in [1.807, 2.05) is 0 Å². The number of likely N-dealkylation sites (N-methyl/N-ethyl adjacent to an activating group) is 1. The van der Waals surface area contributed by atoms with Crippen LogP contribution < -0.4 is 5.73 Å². The Balaban J connectivity index is 1.69. The Bertz CT molecular complexity index is 219. The van der Waals surface area contributed by atoms with E-state index in [0.29, 0.717) is 6.04 Å². The van der Waals surface area contributed by atoms with E-state index in [4.69, 9.17) is 5.73 Å². The van der Waals surface area contributed by atoms with Gasteiger partial charge in [0.05, 0.1) is 0 Å². The maximum absolute atomic E-state index is 5.92. The molecule has 0 bridgehead atoms. The van der Waals surface area contributed by atoms with Crippen molar-refractivity contribution in [1.29, 1.82) is 0 Å². The topological polar surface area (TPSA) is 35.7 Å². The van der Waals surface area contributed by atoms with E-state index in [1.54, 1.807) is 0 Å². The minimum atomic E-state index is 0.672. The lowest BCUT2D eigenvalue weighted by Crippen LogP contribution is -2.53. The molecule has 2 aliphatic rings. The monoisotopic (exact) mass is 240 g/mol. The van der Waals surface area contributed by atoms with Gasteiger partial charge in [0.15, 0.2) is 0 Å². The molecular formula is C13H28N4. The molecule has 0 aromatic carbocycles. The van der Waals surface area contributed by atoms with E-state index in [-0.39, 0.29) is 0 Å². The molecule has 0 aromatic heterocycles. The molecule has 2 fully saturated rings. The van der Waals surface area contributed by atoms with Crippen molar-refractivity contribution in [3.8, 4) is 0 Å². The van der Waals surface area contributed by atoms with E-state index in [0.717, 1.165) is 12.5 Å². The van der Waals surface area contributed by atoms with Crippen molar-refractivity contribution >= 4 is 0 Å². The fraction of sp³-hybridized carbons (Fsp3) is 1.00. The number of hydrogen-bond donors (Lipinski definition) is 1. The molecule has 1 saturated carbocycles. The zero-order chi connectivity index (χ0) is 12.3. The first kappa shape index (κ1) is 13.3. The molecule has 1 aliphatic carbocycles. The summed E-state index contributed by atoms with van der Waals surface area (Å²) in [7, 11) is 4.29. The predicted molar refractivity (Wildman–Crippen MR) is 72.1 cm³/mol. The van der Waals surface area contributed by atoms with Crippen molar-refractivity contribution < 1.29 is 0 Å². The van der Waals surface area contributed by atoms with Crippen molar-refractivity contribution in [2.75, 3.05) is 59.9 Å². The lowest BCUT2D eigenvalue weighted by Gasteiger charge is -2.39. The second-order valence-corrected chi connectivity index (χ2v) is 5.82. The third-order valence-electron chi connectivity index (χ3n) is 4.15.